The van der Waals surface area contributed by atoms with Crippen molar-refractivity contribution < 1.29 is 9.90 Å². The zero-order chi connectivity index (χ0) is 14.4. The monoisotopic (exact) mass is 289 g/mol. The number of rotatable bonds is 3. The first-order chi connectivity index (χ1) is 9.70. The number of aromatic amines is 1. The van der Waals surface area contributed by atoms with E-state index in [-0.39, 0.29) is 12.5 Å². The van der Waals surface area contributed by atoms with Gasteiger partial charge < -0.3 is 10.4 Å². The zero-order valence-electron chi connectivity index (χ0n) is 10.5. The van der Waals surface area contributed by atoms with Crippen LogP contribution in [0.1, 0.15) is 22.3 Å². The fraction of sp³-hybridized carbons (Fsp3) is 0.143. The van der Waals surface area contributed by atoms with Crippen LogP contribution in [0, 0.1) is 11.8 Å². The Morgan fingerprint density at radius 3 is 3.05 bits per heavy atom. The van der Waals surface area contributed by atoms with Gasteiger partial charge in [0.1, 0.15) is 0 Å². The number of hydrogen-bond donors (Lipinski definition) is 3. The molecular weight excluding hydrogens is 278 g/mol. The summed E-state index contributed by atoms with van der Waals surface area (Å²) in [5.41, 5.74) is 1.59. The Labute approximate surface area is 121 Å². The zero-order valence-corrected chi connectivity index (χ0v) is 11.2. The Bertz CT molecular complexity index is 657. The van der Waals surface area contributed by atoms with Crippen LogP contribution in [-0.2, 0) is 0 Å². The predicted molar refractivity (Wildman–Crippen MR) is 76.6 cm³/mol. The van der Waals surface area contributed by atoms with Crippen LogP contribution in [0.2, 0.25) is 5.02 Å². The lowest BCUT2D eigenvalue weighted by Gasteiger charge is -2.06. The molecule has 1 aromatic heterocycles. The van der Waals surface area contributed by atoms with Crippen LogP contribution in [0.5, 0.6) is 0 Å². The molecule has 20 heavy (non-hydrogen) atoms. The number of nitrogens with one attached hydrogen (secondary N) is 2. The highest BCUT2D eigenvalue weighted by molar-refractivity contribution is 6.30. The smallest absolute Gasteiger partial charge is 0.258 e. The molecule has 5 nitrogen and oxygen atoms in total. The maximum Gasteiger partial charge on any atom is 0.258 e. The number of aromatic nitrogens is 2. The van der Waals surface area contributed by atoms with E-state index >= 15 is 0 Å². The number of anilines is 1. The number of amides is 1. The van der Waals surface area contributed by atoms with E-state index in [4.69, 9.17) is 16.7 Å². The van der Waals surface area contributed by atoms with Crippen molar-refractivity contribution in [2.24, 2.45) is 0 Å². The minimum Gasteiger partial charge on any atom is -0.395 e. The normalized spacial score (nSPS) is 9.70. The molecule has 1 amide bonds. The Kier molecular flexibility index (Phi) is 4.77. The van der Waals surface area contributed by atoms with Crippen molar-refractivity contribution in [2.45, 2.75) is 6.42 Å². The minimum atomic E-state index is -0.286. The third kappa shape index (κ3) is 3.60. The van der Waals surface area contributed by atoms with Gasteiger partial charge in [0.15, 0.2) is 0 Å². The number of aliphatic hydroxyl groups is 1. The average Bonchev–Trinajstić information content (AvgIpc) is 2.96. The van der Waals surface area contributed by atoms with Crippen molar-refractivity contribution in [3.8, 4) is 11.8 Å². The molecule has 3 N–H and O–H groups in total. The van der Waals surface area contributed by atoms with Gasteiger partial charge in [0.05, 0.1) is 24.1 Å². The Morgan fingerprint density at radius 1 is 1.50 bits per heavy atom. The van der Waals surface area contributed by atoms with Gasteiger partial charge in [0.2, 0.25) is 0 Å². The summed E-state index contributed by atoms with van der Waals surface area (Å²) >= 11 is 5.92. The number of H-pyrrole nitrogens is 1. The van der Waals surface area contributed by atoms with Gasteiger partial charge in [-0.05, 0) is 18.2 Å². The lowest BCUT2D eigenvalue weighted by atomic mass is 10.1. The lowest BCUT2D eigenvalue weighted by molar-refractivity contribution is 0.102. The van der Waals surface area contributed by atoms with Crippen LogP contribution >= 0.6 is 11.6 Å². The third-order valence-corrected chi connectivity index (χ3v) is 2.69. The van der Waals surface area contributed by atoms with Gasteiger partial charge in [0.25, 0.3) is 5.91 Å². The van der Waals surface area contributed by atoms with Crippen LogP contribution in [0.4, 0.5) is 5.69 Å². The number of carbonyl (C=O) groups is 1. The summed E-state index contributed by atoms with van der Waals surface area (Å²) in [7, 11) is 0. The van der Waals surface area contributed by atoms with Crippen molar-refractivity contribution in [3.63, 3.8) is 0 Å². The molecule has 0 aliphatic heterocycles. The molecule has 6 heteroatoms. The molecule has 0 saturated heterocycles. The highest BCUT2D eigenvalue weighted by atomic mass is 35.5. The van der Waals surface area contributed by atoms with Crippen LogP contribution in [0.15, 0.2) is 30.6 Å². The van der Waals surface area contributed by atoms with Crippen molar-refractivity contribution >= 4 is 23.2 Å². The van der Waals surface area contributed by atoms with Gasteiger partial charge in [-0.15, -0.1) is 0 Å². The molecule has 0 aliphatic carbocycles. The first kappa shape index (κ1) is 14.1. The highest BCUT2D eigenvalue weighted by Gasteiger charge is 2.09. The SMILES string of the molecule is O=C(Nc1ccc(Cl)cc1C#CCCO)c1cn[nH]c1. The van der Waals surface area contributed by atoms with E-state index in [1.165, 1.54) is 12.4 Å². The average molecular weight is 290 g/mol. The first-order valence-corrected chi connectivity index (χ1v) is 6.28. The summed E-state index contributed by atoms with van der Waals surface area (Å²) < 4.78 is 0. The molecule has 102 valence electrons. The molecule has 0 radical (unpaired) electrons. The molecule has 0 unspecified atom stereocenters. The first-order valence-electron chi connectivity index (χ1n) is 5.90. The van der Waals surface area contributed by atoms with Gasteiger partial charge >= 0.3 is 0 Å². The van der Waals surface area contributed by atoms with Crippen LogP contribution in [-0.4, -0.2) is 27.8 Å². The Hall–Kier alpha value is -2.29. The number of carbonyl (C=O) groups excluding carboxylic acids is 1. The van der Waals surface area contributed by atoms with Crippen LogP contribution in [0.3, 0.4) is 0 Å². The van der Waals surface area contributed by atoms with E-state index in [2.05, 4.69) is 27.4 Å². The number of halogens is 1. The summed E-state index contributed by atoms with van der Waals surface area (Å²) in [5, 5.41) is 18.3. The van der Waals surface area contributed by atoms with Gasteiger partial charge in [-0.2, -0.15) is 5.10 Å². The fourth-order valence-electron chi connectivity index (χ4n) is 1.51. The van der Waals surface area contributed by atoms with Gasteiger partial charge in [-0.1, -0.05) is 23.4 Å². The summed E-state index contributed by atoms with van der Waals surface area (Å²) in [4.78, 5) is 12.0. The van der Waals surface area contributed by atoms with Crippen molar-refractivity contribution in [1.29, 1.82) is 0 Å². The highest BCUT2D eigenvalue weighted by Crippen LogP contribution is 2.20. The van der Waals surface area contributed by atoms with Crippen LogP contribution < -0.4 is 5.32 Å². The van der Waals surface area contributed by atoms with Gasteiger partial charge in [0, 0.05) is 23.2 Å². The molecule has 0 fully saturated rings. The Balaban J connectivity index is 2.23. The molecule has 0 saturated carbocycles. The molecular formula is C14H12ClN3O2. The largest absolute Gasteiger partial charge is 0.395 e. The Morgan fingerprint density at radius 2 is 2.35 bits per heavy atom. The van der Waals surface area contributed by atoms with E-state index in [1.54, 1.807) is 18.2 Å². The van der Waals surface area contributed by atoms with Crippen LogP contribution in [0.25, 0.3) is 0 Å². The number of benzene rings is 1. The molecule has 0 bridgehead atoms. The van der Waals surface area contributed by atoms with Crippen molar-refractivity contribution in [3.05, 3.63) is 46.7 Å². The number of hydrogen-bond acceptors (Lipinski definition) is 3. The van der Waals surface area contributed by atoms with Gasteiger partial charge in [-0.3, -0.25) is 9.89 Å². The van der Waals surface area contributed by atoms with E-state index in [1.807, 2.05) is 0 Å². The summed E-state index contributed by atoms with van der Waals surface area (Å²) in [6, 6.07) is 5.02. The molecule has 2 rings (SSSR count). The maximum absolute atomic E-state index is 12.0. The summed E-state index contributed by atoms with van der Waals surface area (Å²) in [6.45, 7) is -0.00965. The number of aliphatic hydroxyl groups excluding tert-OH is 1. The van der Waals surface area contributed by atoms with Crippen molar-refractivity contribution in [2.75, 3.05) is 11.9 Å². The second-order valence-electron chi connectivity index (χ2n) is 3.91. The second kappa shape index (κ2) is 6.75. The minimum absolute atomic E-state index is 0.00965. The quantitative estimate of drug-likeness (QED) is 0.757. The second-order valence-corrected chi connectivity index (χ2v) is 4.34. The fourth-order valence-corrected chi connectivity index (χ4v) is 1.68. The predicted octanol–water partition coefficient (Wildman–Crippen LogP) is 2.05. The molecule has 2 aromatic rings. The molecule has 0 aliphatic rings. The maximum atomic E-state index is 12.0. The summed E-state index contributed by atoms with van der Waals surface area (Å²) in [5.74, 6) is 5.39. The number of nitrogens with zero attached hydrogens (tertiary/aromatic N) is 1. The van der Waals surface area contributed by atoms with E-state index in [9.17, 15) is 4.79 Å². The van der Waals surface area contributed by atoms with E-state index in [0.717, 1.165) is 0 Å². The summed E-state index contributed by atoms with van der Waals surface area (Å²) in [6.07, 6.45) is 3.30. The molecule has 0 atom stereocenters. The van der Waals surface area contributed by atoms with E-state index < -0.39 is 0 Å². The van der Waals surface area contributed by atoms with Crippen molar-refractivity contribution in [1.82, 2.24) is 10.2 Å². The standard InChI is InChI=1S/C14H12ClN3O2/c15-12-4-5-13(10(7-12)3-1-2-6-19)18-14(20)11-8-16-17-9-11/h4-5,7-9,19H,2,6H2,(H,16,17)(H,18,20). The molecule has 1 heterocycles. The third-order valence-electron chi connectivity index (χ3n) is 2.45. The molecule has 0 spiro atoms. The molecule has 1 aromatic carbocycles. The topological polar surface area (TPSA) is 78.0 Å². The van der Waals surface area contributed by atoms with Gasteiger partial charge in [-0.25, -0.2) is 0 Å². The lowest BCUT2D eigenvalue weighted by Crippen LogP contribution is -2.12. The van der Waals surface area contributed by atoms with E-state index in [0.29, 0.717) is 28.3 Å².